The molecule has 0 aliphatic carbocycles. The first-order valence-corrected chi connectivity index (χ1v) is 4.60. The van der Waals surface area contributed by atoms with Crippen molar-refractivity contribution in [2.45, 2.75) is 13.3 Å². The molecule has 10 heavy (non-hydrogen) atoms. The smallest absolute Gasteiger partial charge is 0.00657 e. The Hall–Kier alpha value is -0.430. The average Bonchev–Trinajstić information content (AvgIpc) is 1.98. The van der Waals surface area contributed by atoms with Crippen molar-refractivity contribution in [1.82, 2.24) is 0 Å². The third kappa shape index (κ3) is 4.45. The van der Waals surface area contributed by atoms with Crippen molar-refractivity contribution in [3.05, 3.63) is 35.8 Å². The van der Waals surface area contributed by atoms with Gasteiger partial charge >= 0.3 is 0 Å². The van der Waals surface area contributed by atoms with Gasteiger partial charge in [0.15, 0.2) is 0 Å². The molecular weight excluding hydrogens is 140 g/mol. The highest BCUT2D eigenvalue weighted by molar-refractivity contribution is 8.02. The summed E-state index contributed by atoms with van der Waals surface area (Å²) in [7, 11) is 0. The van der Waals surface area contributed by atoms with Crippen molar-refractivity contribution in [1.29, 1.82) is 0 Å². The first-order valence-electron chi connectivity index (χ1n) is 3.38. The zero-order chi connectivity index (χ0) is 7.82. The van der Waals surface area contributed by atoms with Gasteiger partial charge in [0.1, 0.15) is 0 Å². The summed E-state index contributed by atoms with van der Waals surface area (Å²) in [5.74, 6) is 0. The van der Waals surface area contributed by atoms with Crippen molar-refractivity contribution >= 4 is 11.8 Å². The van der Waals surface area contributed by atoms with Gasteiger partial charge in [-0.25, -0.2) is 0 Å². The number of allylic oxidation sites excluding steroid dienone is 4. The number of hydrogen-bond acceptors (Lipinski definition) is 1. The number of rotatable bonds is 4. The largest absolute Gasteiger partial charge is 0.130 e. The van der Waals surface area contributed by atoms with Crippen LogP contribution < -0.4 is 0 Å². The van der Waals surface area contributed by atoms with Gasteiger partial charge in [-0.05, 0) is 18.8 Å². The topological polar surface area (TPSA) is 0 Å². The Kier molecular flexibility index (Phi) is 6.40. The Morgan fingerprint density at radius 3 is 2.70 bits per heavy atom. The number of thioether (sulfide) groups is 1. The molecule has 1 heteroatoms. The average molecular weight is 154 g/mol. The summed E-state index contributed by atoms with van der Waals surface area (Å²) >= 11 is 1.74. The van der Waals surface area contributed by atoms with Gasteiger partial charge in [-0.15, -0.1) is 11.8 Å². The maximum absolute atomic E-state index is 3.63. The van der Waals surface area contributed by atoms with Crippen LogP contribution in [-0.4, -0.2) is 6.26 Å². The van der Waals surface area contributed by atoms with Gasteiger partial charge in [-0.3, -0.25) is 0 Å². The molecule has 0 rings (SSSR count). The van der Waals surface area contributed by atoms with E-state index in [2.05, 4.69) is 31.9 Å². The van der Waals surface area contributed by atoms with Gasteiger partial charge in [0, 0.05) is 4.91 Å². The fourth-order valence-electron chi connectivity index (χ4n) is 0.542. The first kappa shape index (κ1) is 9.57. The van der Waals surface area contributed by atoms with Gasteiger partial charge in [0.2, 0.25) is 0 Å². The molecule has 0 aromatic heterocycles. The Bertz CT molecular complexity index is 143. The highest BCUT2D eigenvalue weighted by atomic mass is 32.2. The number of hydrogen-bond donors (Lipinski definition) is 0. The van der Waals surface area contributed by atoms with Crippen LogP contribution in [0.2, 0.25) is 0 Å². The van der Waals surface area contributed by atoms with E-state index in [-0.39, 0.29) is 0 Å². The lowest BCUT2D eigenvalue weighted by molar-refractivity contribution is 1.22. The second-order valence-electron chi connectivity index (χ2n) is 1.82. The van der Waals surface area contributed by atoms with Gasteiger partial charge in [0.25, 0.3) is 0 Å². The zero-order valence-electron chi connectivity index (χ0n) is 6.63. The van der Waals surface area contributed by atoms with E-state index in [9.17, 15) is 0 Å². The summed E-state index contributed by atoms with van der Waals surface area (Å²) in [5, 5.41) is 0. The lowest BCUT2D eigenvalue weighted by Crippen LogP contribution is -1.65. The van der Waals surface area contributed by atoms with Crippen LogP contribution in [0.3, 0.4) is 0 Å². The van der Waals surface area contributed by atoms with E-state index in [1.807, 2.05) is 12.2 Å². The highest BCUT2D eigenvalue weighted by Crippen LogP contribution is 2.12. The molecule has 56 valence electrons. The van der Waals surface area contributed by atoms with Crippen molar-refractivity contribution in [3.63, 3.8) is 0 Å². The van der Waals surface area contributed by atoms with Crippen LogP contribution in [0.5, 0.6) is 0 Å². The quantitative estimate of drug-likeness (QED) is 0.559. The van der Waals surface area contributed by atoms with Gasteiger partial charge in [-0.1, -0.05) is 31.7 Å². The molecule has 0 aliphatic heterocycles. The summed E-state index contributed by atoms with van der Waals surface area (Å²) in [6.45, 7) is 5.76. The Labute approximate surface area is 67.7 Å². The zero-order valence-corrected chi connectivity index (χ0v) is 7.45. The van der Waals surface area contributed by atoms with Crippen molar-refractivity contribution in [2.24, 2.45) is 0 Å². The molecular formula is C9H14S. The first-order chi connectivity index (χ1) is 4.85. The van der Waals surface area contributed by atoms with Gasteiger partial charge in [0.05, 0.1) is 0 Å². The normalized spacial score (nSPS) is 12.4. The minimum Gasteiger partial charge on any atom is -0.130 e. The predicted molar refractivity (Wildman–Crippen MR) is 51.2 cm³/mol. The molecule has 0 heterocycles. The van der Waals surface area contributed by atoms with Gasteiger partial charge in [-0.2, -0.15) is 0 Å². The molecule has 0 aliphatic rings. The second-order valence-corrected chi connectivity index (χ2v) is 2.70. The summed E-state index contributed by atoms with van der Waals surface area (Å²) < 4.78 is 0. The van der Waals surface area contributed by atoms with Crippen LogP contribution in [-0.2, 0) is 0 Å². The van der Waals surface area contributed by atoms with E-state index in [4.69, 9.17) is 0 Å². The van der Waals surface area contributed by atoms with Crippen LogP contribution in [0, 0.1) is 0 Å². The third-order valence-electron chi connectivity index (χ3n) is 1.04. The van der Waals surface area contributed by atoms with Crippen molar-refractivity contribution in [2.75, 3.05) is 6.26 Å². The molecule has 0 aromatic rings. The van der Waals surface area contributed by atoms with Crippen LogP contribution in [0.15, 0.2) is 35.8 Å². The second kappa shape index (κ2) is 6.69. The SMILES string of the molecule is C=C/C=C(\C=C/CC)SC. The highest BCUT2D eigenvalue weighted by Gasteiger charge is 1.82. The molecule has 0 N–H and O–H groups in total. The maximum Gasteiger partial charge on any atom is 0.00657 e. The predicted octanol–water partition coefficient (Wildman–Crippen LogP) is 3.39. The van der Waals surface area contributed by atoms with Crippen molar-refractivity contribution < 1.29 is 0 Å². The van der Waals surface area contributed by atoms with Gasteiger partial charge < -0.3 is 0 Å². The Balaban J connectivity index is 3.94. The summed E-state index contributed by atoms with van der Waals surface area (Å²) in [6, 6.07) is 0. The minimum absolute atomic E-state index is 1.09. The van der Waals surface area contributed by atoms with E-state index in [1.54, 1.807) is 11.8 Å². The summed E-state index contributed by atoms with van der Waals surface area (Å²) in [4.78, 5) is 1.26. The summed E-state index contributed by atoms with van der Waals surface area (Å²) in [6.07, 6.45) is 11.2. The molecule has 0 atom stereocenters. The van der Waals surface area contributed by atoms with E-state index in [0.717, 1.165) is 6.42 Å². The molecule has 0 saturated carbocycles. The molecule has 0 amide bonds. The molecule has 0 nitrogen and oxygen atoms in total. The molecule has 0 unspecified atom stereocenters. The van der Waals surface area contributed by atoms with E-state index >= 15 is 0 Å². The van der Waals surface area contributed by atoms with E-state index in [0.29, 0.717) is 0 Å². The maximum atomic E-state index is 3.63. The van der Waals surface area contributed by atoms with Crippen LogP contribution in [0.1, 0.15) is 13.3 Å². The standard InChI is InChI=1S/C9H14S/c1-4-6-8-9(10-3)7-5-2/h5-8H,2,4H2,1,3H3/b8-6-,9-7+. The minimum atomic E-state index is 1.09. The van der Waals surface area contributed by atoms with Crippen molar-refractivity contribution in [3.8, 4) is 0 Å². The van der Waals surface area contributed by atoms with E-state index < -0.39 is 0 Å². The Morgan fingerprint density at radius 1 is 1.60 bits per heavy atom. The molecule has 0 radical (unpaired) electrons. The molecule has 0 aromatic carbocycles. The fraction of sp³-hybridized carbons (Fsp3) is 0.333. The Morgan fingerprint density at radius 2 is 2.30 bits per heavy atom. The lowest BCUT2D eigenvalue weighted by Gasteiger charge is -1.91. The van der Waals surface area contributed by atoms with Crippen LogP contribution in [0.4, 0.5) is 0 Å². The summed E-state index contributed by atoms with van der Waals surface area (Å²) in [5.41, 5.74) is 0. The van der Waals surface area contributed by atoms with E-state index in [1.165, 1.54) is 4.91 Å². The lowest BCUT2D eigenvalue weighted by atomic mass is 10.4. The van der Waals surface area contributed by atoms with Crippen LogP contribution >= 0.6 is 11.8 Å². The third-order valence-corrected chi connectivity index (χ3v) is 1.78. The van der Waals surface area contributed by atoms with Crippen LogP contribution in [0.25, 0.3) is 0 Å². The molecule has 0 spiro atoms. The fourth-order valence-corrected chi connectivity index (χ4v) is 1.01. The molecule has 0 bridgehead atoms. The molecule has 0 fully saturated rings. The monoisotopic (exact) mass is 154 g/mol. The molecule has 0 saturated heterocycles.